The van der Waals surface area contributed by atoms with E-state index < -0.39 is 12.0 Å². The SMILES string of the molecule is CCOCC(C)OC(=O)C(N)Cc1cnc[nH]1. The number of carbonyl (C=O) groups is 1. The molecule has 0 spiro atoms. The lowest BCUT2D eigenvalue weighted by Crippen LogP contribution is -2.37. The zero-order chi connectivity index (χ0) is 12.7. The summed E-state index contributed by atoms with van der Waals surface area (Å²) in [6, 6.07) is -0.681. The van der Waals surface area contributed by atoms with Crippen LogP contribution in [0.1, 0.15) is 19.5 Å². The lowest BCUT2D eigenvalue weighted by Gasteiger charge is -2.16. The summed E-state index contributed by atoms with van der Waals surface area (Å²) in [5, 5.41) is 0. The molecule has 0 aliphatic rings. The van der Waals surface area contributed by atoms with Gasteiger partial charge in [-0.05, 0) is 13.8 Å². The van der Waals surface area contributed by atoms with Crippen LogP contribution in [0, 0.1) is 0 Å². The van der Waals surface area contributed by atoms with Crippen molar-refractivity contribution < 1.29 is 14.3 Å². The van der Waals surface area contributed by atoms with Crippen molar-refractivity contribution in [2.75, 3.05) is 13.2 Å². The maximum Gasteiger partial charge on any atom is 0.323 e. The molecule has 0 fully saturated rings. The van der Waals surface area contributed by atoms with Gasteiger partial charge in [0, 0.05) is 24.9 Å². The van der Waals surface area contributed by atoms with E-state index in [1.54, 1.807) is 19.4 Å². The molecule has 6 nitrogen and oxygen atoms in total. The molecule has 1 aromatic rings. The summed E-state index contributed by atoms with van der Waals surface area (Å²) >= 11 is 0. The van der Waals surface area contributed by atoms with Crippen LogP contribution in [0.5, 0.6) is 0 Å². The van der Waals surface area contributed by atoms with E-state index in [2.05, 4.69) is 9.97 Å². The molecule has 0 radical (unpaired) electrons. The van der Waals surface area contributed by atoms with E-state index in [4.69, 9.17) is 15.2 Å². The zero-order valence-electron chi connectivity index (χ0n) is 10.2. The van der Waals surface area contributed by atoms with Gasteiger partial charge in [-0.2, -0.15) is 0 Å². The highest BCUT2D eigenvalue weighted by molar-refractivity contribution is 5.75. The van der Waals surface area contributed by atoms with Gasteiger partial charge < -0.3 is 20.2 Å². The first kappa shape index (κ1) is 13.7. The zero-order valence-corrected chi connectivity index (χ0v) is 10.2. The maximum atomic E-state index is 11.6. The minimum atomic E-state index is -0.681. The summed E-state index contributed by atoms with van der Waals surface area (Å²) in [5.41, 5.74) is 6.53. The summed E-state index contributed by atoms with van der Waals surface area (Å²) < 4.78 is 10.3. The molecule has 2 unspecified atom stereocenters. The molecule has 96 valence electrons. The average molecular weight is 241 g/mol. The van der Waals surface area contributed by atoms with Crippen molar-refractivity contribution in [1.82, 2.24) is 9.97 Å². The lowest BCUT2D eigenvalue weighted by atomic mass is 10.2. The number of esters is 1. The van der Waals surface area contributed by atoms with Gasteiger partial charge in [0.05, 0.1) is 12.9 Å². The number of H-pyrrole nitrogens is 1. The van der Waals surface area contributed by atoms with E-state index in [-0.39, 0.29) is 6.10 Å². The van der Waals surface area contributed by atoms with Crippen LogP contribution in [0.4, 0.5) is 0 Å². The molecule has 2 atom stereocenters. The van der Waals surface area contributed by atoms with Crippen LogP contribution in [0.25, 0.3) is 0 Å². The Labute approximate surface area is 101 Å². The van der Waals surface area contributed by atoms with E-state index in [1.165, 1.54) is 0 Å². The van der Waals surface area contributed by atoms with Crippen molar-refractivity contribution in [3.05, 3.63) is 18.2 Å². The van der Waals surface area contributed by atoms with E-state index in [9.17, 15) is 4.79 Å². The number of carbonyl (C=O) groups excluding carboxylic acids is 1. The van der Waals surface area contributed by atoms with Gasteiger partial charge in [-0.3, -0.25) is 4.79 Å². The molecule has 0 aromatic carbocycles. The van der Waals surface area contributed by atoms with Gasteiger partial charge in [0.1, 0.15) is 12.1 Å². The third-order valence-corrected chi connectivity index (χ3v) is 2.17. The number of rotatable bonds is 7. The van der Waals surface area contributed by atoms with E-state index in [0.29, 0.717) is 19.6 Å². The number of imidazole rings is 1. The monoisotopic (exact) mass is 241 g/mol. The second-order valence-corrected chi connectivity index (χ2v) is 3.79. The highest BCUT2D eigenvalue weighted by atomic mass is 16.6. The van der Waals surface area contributed by atoms with Crippen LogP contribution >= 0.6 is 0 Å². The highest BCUT2D eigenvalue weighted by Gasteiger charge is 2.18. The largest absolute Gasteiger partial charge is 0.459 e. The Kier molecular flexibility index (Phi) is 5.65. The maximum absolute atomic E-state index is 11.6. The average Bonchev–Trinajstić information content (AvgIpc) is 2.78. The Morgan fingerprint density at radius 3 is 3.00 bits per heavy atom. The summed E-state index contributed by atoms with van der Waals surface area (Å²) in [6.45, 7) is 4.65. The van der Waals surface area contributed by atoms with Crippen molar-refractivity contribution >= 4 is 5.97 Å². The Hall–Kier alpha value is -1.40. The predicted octanol–water partition coefficient (Wildman–Crippen LogP) is 0.248. The Morgan fingerprint density at radius 1 is 1.65 bits per heavy atom. The first-order chi connectivity index (χ1) is 8.13. The van der Waals surface area contributed by atoms with Crippen LogP contribution in [-0.2, 0) is 20.7 Å². The van der Waals surface area contributed by atoms with Crippen LogP contribution in [-0.4, -0.2) is 41.3 Å². The van der Waals surface area contributed by atoms with Gasteiger partial charge in [-0.15, -0.1) is 0 Å². The van der Waals surface area contributed by atoms with E-state index in [0.717, 1.165) is 5.69 Å². The van der Waals surface area contributed by atoms with Crippen molar-refractivity contribution in [2.24, 2.45) is 5.73 Å². The van der Waals surface area contributed by atoms with Crippen LogP contribution < -0.4 is 5.73 Å². The van der Waals surface area contributed by atoms with Crippen LogP contribution in [0.15, 0.2) is 12.5 Å². The Bertz CT molecular complexity index is 327. The fourth-order valence-corrected chi connectivity index (χ4v) is 1.32. The Balaban J connectivity index is 2.31. The Morgan fingerprint density at radius 2 is 2.41 bits per heavy atom. The number of aromatic amines is 1. The molecular formula is C11H19N3O3. The molecule has 0 aliphatic carbocycles. The van der Waals surface area contributed by atoms with Crippen LogP contribution in [0.3, 0.4) is 0 Å². The lowest BCUT2D eigenvalue weighted by molar-refractivity contribution is -0.152. The molecule has 0 aliphatic heterocycles. The molecule has 1 rings (SSSR count). The van der Waals surface area contributed by atoms with Crippen molar-refractivity contribution in [3.8, 4) is 0 Å². The number of hydrogen-bond donors (Lipinski definition) is 2. The molecule has 3 N–H and O–H groups in total. The number of ether oxygens (including phenoxy) is 2. The molecule has 0 saturated carbocycles. The third kappa shape index (κ3) is 4.97. The molecule has 17 heavy (non-hydrogen) atoms. The van der Waals surface area contributed by atoms with Crippen molar-refractivity contribution in [3.63, 3.8) is 0 Å². The minimum absolute atomic E-state index is 0.282. The predicted molar refractivity (Wildman–Crippen MR) is 62.3 cm³/mol. The van der Waals surface area contributed by atoms with Gasteiger partial charge in [0.15, 0.2) is 0 Å². The highest BCUT2D eigenvalue weighted by Crippen LogP contribution is 2.01. The second-order valence-electron chi connectivity index (χ2n) is 3.79. The number of nitrogens with two attached hydrogens (primary N) is 1. The third-order valence-electron chi connectivity index (χ3n) is 2.17. The topological polar surface area (TPSA) is 90.2 Å². The van der Waals surface area contributed by atoms with E-state index in [1.807, 2.05) is 6.92 Å². The molecule has 1 aromatic heterocycles. The van der Waals surface area contributed by atoms with Crippen LogP contribution in [0.2, 0.25) is 0 Å². The molecule has 0 saturated heterocycles. The first-order valence-corrected chi connectivity index (χ1v) is 5.64. The van der Waals surface area contributed by atoms with Crippen molar-refractivity contribution in [1.29, 1.82) is 0 Å². The molecule has 0 bridgehead atoms. The second kappa shape index (κ2) is 7.03. The van der Waals surface area contributed by atoms with Gasteiger partial charge >= 0.3 is 5.97 Å². The quantitative estimate of drug-likeness (QED) is 0.668. The normalized spacial score (nSPS) is 14.3. The molecule has 0 amide bonds. The summed E-state index contributed by atoms with van der Waals surface area (Å²) in [6.07, 6.45) is 3.29. The standard InChI is InChI=1S/C11H19N3O3/c1-3-16-6-8(2)17-11(15)10(12)4-9-5-13-7-14-9/h5,7-8,10H,3-4,6,12H2,1-2H3,(H,13,14). The number of aromatic nitrogens is 2. The number of nitrogens with zero attached hydrogens (tertiary/aromatic N) is 1. The fraction of sp³-hybridized carbons (Fsp3) is 0.636. The summed E-state index contributed by atoms with van der Waals surface area (Å²) in [4.78, 5) is 18.3. The van der Waals surface area contributed by atoms with Gasteiger partial charge in [-0.25, -0.2) is 4.98 Å². The summed E-state index contributed by atoms with van der Waals surface area (Å²) in [5.74, 6) is -0.424. The summed E-state index contributed by atoms with van der Waals surface area (Å²) in [7, 11) is 0. The van der Waals surface area contributed by atoms with E-state index >= 15 is 0 Å². The van der Waals surface area contributed by atoms with Gasteiger partial charge in [0.2, 0.25) is 0 Å². The first-order valence-electron chi connectivity index (χ1n) is 5.64. The van der Waals surface area contributed by atoms with Crippen molar-refractivity contribution in [2.45, 2.75) is 32.4 Å². The minimum Gasteiger partial charge on any atom is -0.459 e. The molecule has 1 heterocycles. The number of nitrogens with one attached hydrogen (secondary N) is 1. The number of hydrogen-bond acceptors (Lipinski definition) is 5. The molecule has 6 heteroatoms. The van der Waals surface area contributed by atoms with Gasteiger partial charge in [0.25, 0.3) is 0 Å². The molecular weight excluding hydrogens is 222 g/mol. The fourth-order valence-electron chi connectivity index (χ4n) is 1.32. The smallest absolute Gasteiger partial charge is 0.323 e. The van der Waals surface area contributed by atoms with Gasteiger partial charge in [-0.1, -0.05) is 0 Å².